The van der Waals surface area contributed by atoms with E-state index in [-0.39, 0.29) is 0 Å². The van der Waals surface area contributed by atoms with E-state index < -0.39 is 0 Å². The van der Waals surface area contributed by atoms with Gasteiger partial charge in [0.2, 0.25) is 0 Å². The Kier molecular flexibility index (Phi) is 4.68. The first-order valence-corrected chi connectivity index (χ1v) is 7.44. The molecular formula is C14H19IN4. The van der Waals surface area contributed by atoms with Gasteiger partial charge < -0.3 is 11.1 Å². The molecule has 19 heavy (non-hydrogen) atoms. The van der Waals surface area contributed by atoms with E-state index in [0.29, 0.717) is 0 Å². The van der Waals surface area contributed by atoms with E-state index in [4.69, 9.17) is 5.73 Å². The van der Waals surface area contributed by atoms with Crippen LogP contribution in [0.4, 0.5) is 11.4 Å². The number of nitrogens with zero attached hydrogens (tertiary/aromatic N) is 2. The van der Waals surface area contributed by atoms with Gasteiger partial charge in [0, 0.05) is 33.7 Å². The lowest BCUT2D eigenvalue weighted by Gasteiger charge is -2.09. The minimum Gasteiger partial charge on any atom is -0.399 e. The molecule has 3 N–H and O–H groups in total. The van der Waals surface area contributed by atoms with Crippen molar-refractivity contribution in [2.24, 2.45) is 0 Å². The van der Waals surface area contributed by atoms with Gasteiger partial charge in [0.15, 0.2) is 0 Å². The van der Waals surface area contributed by atoms with Crippen molar-refractivity contribution in [2.45, 2.75) is 26.8 Å². The first-order valence-electron chi connectivity index (χ1n) is 6.36. The quantitative estimate of drug-likeness (QED) is 0.483. The molecule has 0 saturated carbocycles. The van der Waals surface area contributed by atoms with E-state index in [1.165, 1.54) is 5.69 Å². The summed E-state index contributed by atoms with van der Waals surface area (Å²) in [4.78, 5) is 0. The highest BCUT2D eigenvalue weighted by molar-refractivity contribution is 14.1. The Morgan fingerprint density at radius 3 is 2.74 bits per heavy atom. The van der Waals surface area contributed by atoms with Crippen LogP contribution >= 0.6 is 22.6 Å². The number of hydrogen-bond donors (Lipinski definition) is 2. The summed E-state index contributed by atoms with van der Waals surface area (Å²) in [6, 6.07) is 8.03. The molecule has 0 spiro atoms. The fourth-order valence-electron chi connectivity index (χ4n) is 2.03. The van der Waals surface area contributed by atoms with Crippen molar-refractivity contribution in [2.75, 3.05) is 17.6 Å². The predicted molar refractivity (Wildman–Crippen MR) is 88.4 cm³/mol. The Balaban J connectivity index is 1.82. The van der Waals surface area contributed by atoms with E-state index in [2.05, 4.69) is 50.7 Å². The number of rotatable bonds is 5. The summed E-state index contributed by atoms with van der Waals surface area (Å²) in [7, 11) is 0. The number of benzene rings is 1. The molecule has 5 heteroatoms. The van der Waals surface area contributed by atoms with Crippen LogP contribution in [0.15, 0.2) is 24.3 Å². The molecule has 0 aliphatic heterocycles. The Hall–Kier alpha value is -1.24. The Morgan fingerprint density at radius 1 is 1.32 bits per heavy atom. The summed E-state index contributed by atoms with van der Waals surface area (Å²) >= 11 is 2.30. The van der Waals surface area contributed by atoms with Gasteiger partial charge in [-0.3, -0.25) is 4.68 Å². The number of halogens is 1. The molecule has 0 bridgehead atoms. The van der Waals surface area contributed by atoms with Crippen LogP contribution < -0.4 is 11.1 Å². The van der Waals surface area contributed by atoms with E-state index in [0.717, 1.165) is 40.1 Å². The smallest absolute Gasteiger partial charge is 0.0596 e. The number of aryl methyl sites for hydroxylation is 3. The van der Waals surface area contributed by atoms with Gasteiger partial charge in [0.25, 0.3) is 0 Å². The van der Waals surface area contributed by atoms with Crippen LogP contribution in [-0.2, 0) is 6.54 Å². The third-order valence-electron chi connectivity index (χ3n) is 2.96. The molecule has 0 atom stereocenters. The molecule has 2 rings (SSSR count). The van der Waals surface area contributed by atoms with Gasteiger partial charge in [0.1, 0.15) is 0 Å². The average Bonchev–Trinajstić information content (AvgIpc) is 2.65. The van der Waals surface area contributed by atoms with Crippen molar-refractivity contribution in [1.82, 2.24) is 9.78 Å². The molecule has 0 saturated heterocycles. The topological polar surface area (TPSA) is 55.9 Å². The van der Waals surface area contributed by atoms with Crippen LogP contribution in [0.3, 0.4) is 0 Å². The zero-order valence-corrected chi connectivity index (χ0v) is 13.4. The first-order chi connectivity index (χ1) is 9.06. The van der Waals surface area contributed by atoms with Gasteiger partial charge in [-0.2, -0.15) is 5.10 Å². The van der Waals surface area contributed by atoms with Crippen molar-refractivity contribution in [3.8, 4) is 0 Å². The van der Waals surface area contributed by atoms with E-state index in [9.17, 15) is 0 Å². The van der Waals surface area contributed by atoms with E-state index >= 15 is 0 Å². The molecule has 0 aliphatic carbocycles. The molecule has 0 unspecified atom stereocenters. The molecule has 0 amide bonds. The molecule has 4 nitrogen and oxygen atoms in total. The van der Waals surface area contributed by atoms with Gasteiger partial charge >= 0.3 is 0 Å². The molecule has 1 aromatic carbocycles. The lowest BCUT2D eigenvalue weighted by Crippen LogP contribution is -2.09. The van der Waals surface area contributed by atoms with Crippen molar-refractivity contribution in [1.29, 1.82) is 0 Å². The SMILES string of the molecule is Cc1cc(C)n(CCCNc2ccc(N)cc2I)n1. The maximum Gasteiger partial charge on any atom is 0.0596 e. The van der Waals surface area contributed by atoms with Crippen LogP contribution in [0.1, 0.15) is 17.8 Å². The number of hydrogen-bond acceptors (Lipinski definition) is 3. The highest BCUT2D eigenvalue weighted by Crippen LogP contribution is 2.20. The molecule has 2 aromatic rings. The third kappa shape index (κ3) is 3.86. The molecule has 1 aromatic heterocycles. The van der Waals surface area contributed by atoms with Crippen LogP contribution in [0, 0.1) is 17.4 Å². The second-order valence-corrected chi connectivity index (χ2v) is 5.83. The van der Waals surface area contributed by atoms with Crippen molar-refractivity contribution >= 4 is 34.0 Å². The highest BCUT2D eigenvalue weighted by atomic mass is 127. The molecular weight excluding hydrogens is 351 g/mol. The molecule has 0 radical (unpaired) electrons. The Bertz CT molecular complexity index is 563. The van der Waals surface area contributed by atoms with E-state index in [1.54, 1.807) is 0 Å². The Labute approximate surface area is 127 Å². The summed E-state index contributed by atoms with van der Waals surface area (Å²) in [5, 5.41) is 7.89. The average molecular weight is 370 g/mol. The molecule has 0 fully saturated rings. The summed E-state index contributed by atoms with van der Waals surface area (Å²) in [6.07, 6.45) is 1.04. The largest absolute Gasteiger partial charge is 0.399 e. The van der Waals surface area contributed by atoms with Gasteiger partial charge in [-0.05, 0) is 67.1 Å². The maximum atomic E-state index is 5.73. The zero-order valence-electron chi connectivity index (χ0n) is 11.3. The summed E-state index contributed by atoms with van der Waals surface area (Å²) in [6.45, 7) is 5.99. The third-order valence-corrected chi connectivity index (χ3v) is 3.85. The lowest BCUT2D eigenvalue weighted by molar-refractivity contribution is 0.573. The monoisotopic (exact) mass is 370 g/mol. The minimum absolute atomic E-state index is 0.803. The van der Waals surface area contributed by atoms with Gasteiger partial charge in [-0.25, -0.2) is 0 Å². The highest BCUT2D eigenvalue weighted by Gasteiger charge is 2.01. The van der Waals surface area contributed by atoms with Crippen molar-refractivity contribution in [3.63, 3.8) is 0 Å². The van der Waals surface area contributed by atoms with Crippen LogP contribution in [-0.4, -0.2) is 16.3 Å². The van der Waals surface area contributed by atoms with Crippen molar-refractivity contribution in [3.05, 3.63) is 39.2 Å². The lowest BCUT2D eigenvalue weighted by atomic mass is 10.3. The summed E-state index contributed by atoms with van der Waals surface area (Å²) in [5.41, 5.74) is 9.98. The van der Waals surface area contributed by atoms with Crippen LogP contribution in [0.2, 0.25) is 0 Å². The number of nitrogen functional groups attached to an aromatic ring is 1. The summed E-state index contributed by atoms with van der Waals surface area (Å²) < 4.78 is 3.22. The van der Waals surface area contributed by atoms with Crippen LogP contribution in [0.5, 0.6) is 0 Å². The molecule has 0 aliphatic rings. The Morgan fingerprint density at radius 2 is 2.11 bits per heavy atom. The van der Waals surface area contributed by atoms with Gasteiger partial charge in [-0.1, -0.05) is 0 Å². The second kappa shape index (κ2) is 6.27. The second-order valence-electron chi connectivity index (χ2n) is 4.67. The van der Waals surface area contributed by atoms with E-state index in [1.807, 2.05) is 25.1 Å². The van der Waals surface area contributed by atoms with Crippen LogP contribution in [0.25, 0.3) is 0 Å². The molecule has 1 heterocycles. The normalized spacial score (nSPS) is 10.7. The number of nitrogens with two attached hydrogens (primary N) is 1. The molecule has 102 valence electrons. The zero-order chi connectivity index (χ0) is 13.8. The maximum absolute atomic E-state index is 5.73. The summed E-state index contributed by atoms with van der Waals surface area (Å²) in [5.74, 6) is 0. The number of aromatic nitrogens is 2. The van der Waals surface area contributed by atoms with Crippen molar-refractivity contribution < 1.29 is 0 Å². The fourth-order valence-corrected chi connectivity index (χ4v) is 2.76. The first kappa shape index (κ1) is 14.2. The standard InChI is InChI=1S/C14H19IN4/c1-10-8-11(2)19(18-10)7-3-6-17-14-5-4-12(16)9-13(14)15/h4-5,8-9,17H,3,6-7,16H2,1-2H3. The van der Waals surface area contributed by atoms with Gasteiger partial charge in [-0.15, -0.1) is 0 Å². The number of anilines is 2. The minimum atomic E-state index is 0.803. The predicted octanol–water partition coefficient (Wildman–Crippen LogP) is 3.19. The fraction of sp³-hybridized carbons (Fsp3) is 0.357. The number of nitrogens with one attached hydrogen (secondary N) is 1. The van der Waals surface area contributed by atoms with Gasteiger partial charge in [0.05, 0.1) is 5.69 Å².